The highest BCUT2D eigenvalue weighted by molar-refractivity contribution is 6.03. The summed E-state index contributed by atoms with van der Waals surface area (Å²) in [6, 6.07) is 10.8. The standard InChI is InChI=1S/C19H14N4O4/c24-12-3-4-14-13(8-12)19(25)17-15(21-10-11-2-1-7-20-9-11)5-6-16(23(26)27)18(17)22-14/h1-9,21,24H,10H2,(H,22,25). The molecule has 0 aliphatic carbocycles. The van der Waals surface area contributed by atoms with Crippen LogP contribution in [0.2, 0.25) is 0 Å². The van der Waals surface area contributed by atoms with Crippen molar-refractivity contribution >= 4 is 33.2 Å². The van der Waals surface area contributed by atoms with Crippen LogP contribution < -0.4 is 10.7 Å². The van der Waals surface area contributed by atoms with E-state index in [0.29, 0.717) is 17.7 Å². The average Bonchev–Trinajstić information content (AvgIpc) is 2.67. The number of phenols is 1. The number of hydrogen-bond acceptors (Lipinski definition) is 6. The van der Waals surface area contributed by atoms with Crippen LogP contribution in [0.3, 0.4) is 0 Å². The molecule has 2 aromatic heterocycles. The van der Waals surface area contributed by atoms with Gasteiger partial charge in [0.05, 0.1) is 15.8 Å². The number of anilines is 1. The molecule has 2 heterocycles. The number of aromatic amines is 1. The van der Waals surface area contributed by atoms with Crippen molar-refractivity contribution in [2.24, 2.45) is 0 Å². The number of non-ortho nitro benzene ring substituents is 1. The molecule has 0 amide bonds. The van der Waals surface area contributed by atoms with Crippen molar-refractivity contribution in [1.29, 1.82) is 0 Å². The third-order valence-corrected chi connectivity index (χ3v) is 4.32. The van der Waals surface area contributed by atoms with E-state index in [9.17, 15) is 20.0 Å². The molecule has 4 rings (SSSR count). The number of fused-ring (bicyclic) bond motifs is 2. The zero-order valence-electron chi connectivity index (χ0n) is 14.0. The smallest absolute Gasteiger partial charge is 0.293 e. The van der Waals surface area contributed by atoms with Gasteiger partial charge in [0.1, 0.15) is 11.3 Å². The van der Waals surface area contributed by atoms with Gasteiger partial charge in [-0.2, -0.15) is 0 Å². The van der Waals surface area contributed by atoms with Crippen LogP contribution in [0.4, 0.5) is 11.4 Å². The van der Waals surface area contributed by atoms with Crippen molar-refractivity contribution in [3.63, 3.8) is 0 Å². The Balaban J connectivity index is 1.95. The van der Waals surface area contributed by atoms with Crippen LogP contribution in [-0.2, 0) is 6.54 Å². The maximum absolute atomic E-state index is 13.0. The molecule has 3 N–H and O–H groups in total. The molecule has 0 radical (unpaired) electrons. The molecule has 0 fully saturated rings. The maximum Gasteiger partial charge on any atom is 0.293 e. The third-order valence-electron chi connectivity index (χ3n) is 4.32. The van der Waals surface area contributed by atoms with E-state index in [-0.39, 0.29) is 27.7 Å². The average molecular weight is 362 g/mol. The summed E-state index contributed by atoms with van der Waals surface area (Å²) in [5, 5.41) is 24.7. The second kappa shape index (κ2) is 6.41. The van der Waals surface area contributed by atoms with Gasteiger partial charge in [-0.1, -0.05) is 6.07 Å². The molecular weight excluding hydrogens is 348 g/mol. The molecule has 0 bridgehead atoms. The number of hydrogen-bond donors (Lipinski definition) is 3. The van der Waals surface area contributed by atoms with Gasteiger partial charge in [-0.3, -0.25) is 19.9 Å². The Hall–Kier alpha value is -3.94. The molecule has 2 aromatic carbocycles. The fraction of sp³-hybridized carbons (Fsp3) is 0.0526. The van der Waals surface area contributed by atoms with Gasteiger partial charge in [0.2, 0.25) is 0 Å². The first kappa shape index (κ1) is 16.5. The number of pyridine rings is 2. The van der Waals surface area contributed by atoms with Crippen molar-refractivity contribution in [1.82, 2.24) is 9.97 Å². The number of rotatable bonds is 4. The van der Waals surface area contributed by atoms with E-state index in [2.05, 4.69) is 15.3 Å². The molecule has 0 atom stereocenters. The normalized spacial score (nSPS) is 11.0. The number of benzene rings is 2. The Morgan fingerprint density at radius 1 is 1.22 bits per heavy atom. The van der Waals surface area contributed by atoms with Gasteiger partial charge in [-0.05, 0) is 35.9 Å². The Labute approximate surface area is 152 Å². The number of nitrogens with zero attached hydrogens (tertiary/aromatic N) is 2. The number of nitrogens with one attached hydrogen (secondary N) is 2. The molecule has 0 aliphatic heterocycles. The molecule has 0 aliphatic rings. The predicted molar refractivity (Wildman–Crippen MR) is 102 cm³/mol. The Kier molecular flexibility index (Phi) is 3.92. The van der Waals surface area contributed by atoms with Crippen LogP contribution in [0.1, 0.15) is 5.56 Å². The van der Waals surface area contributed by atoms with Crippen LogP contribution in [0.25, 0.3) is 21.8 Å². The second-order valence-corrected chi connectivity index (χ2v) is 6.04. The lowest BCUT2D eigenvalue weighted by atomic mass is 10.1. The maximum atomic E-state index is 13.0. The van der Waals surface area contributed by atoms with Gasteiger partial charge < -0.3 is 15.4 Å². The molecule has 27 heavy (non-hydrogen) atoms. The summed E-state index contributed by atoms with van der Waals surface area (Å²) in [5.74, 6) is -0.0531. The summed E-state index contributed by atoms with van der Waals surface area (Å²) in [7, 11) is 0. The zero-order valence-corrected chi connectivity index (χ0v) is 14.0. The number of nitro groups is 1. The van der Waals surface area contributed by atoms with Crippen molar-refractivity contribution in [2.45, 2.75) is 6.54 Å². The Bertz CT molecular complexity index is 1240. The summed E-state index contributed by atoms with van der Waals surface area (Å²) < 4.78 is 0. The molecule has 8 nitrogen and oxygen atoms in total. The molecule has 8 heteroatoms. The van der Waals surface area contributed by atoms with E-state index in [0.717, 1.165) is 5.56 Å². The monoisotopic (exact) mass is 362 g/mol. The van der Waals surface area contributed by atoms with Crippen molar-refractivity contribution in [2.75, 3.05) is 5.32 Å². The summed E-state index contributed by atoms with van der Waals surface area (Å²) in [5.41, 5.74) is 1.33. The largest absolute Gasteiger partial charge is 0.508 e. The molecule has 4 aromatic rings. The number of H-pyrrole nitrogens is 1. The predicted octanol–water partition coefficient (Wildman–Crippen LogP) is 3.30. The van der Waals surface area contributed by atoms with Gasteiger partial charge >= 0.3 is 0 Å². The highest BCUT2D eigenvalue weighted by atomic mass is 16.6. The first-order valence-corrected chi connectivity index (χ1v) is 8.13. The fourth-order valence-corrected chi connectivity index (χ4v) is 3.05. The summed E-state index contributed by atoms with van der Waals surface area (Å²) in [6.07, 6.45) is 3.35. The van der Waals surface area contributed by atoms with Crippen LogP contribution in [0.5, 0.6) is 5.75 Å². The van der Waals surface area contributed by atoms with Crippen LogP contribution >= 0.6 is 0 Å². The van der Waals surface area contributed by atoms with Gasteiger partial charge in [-0.15, -0.1) is 0 Å². The minimum absolute atomic E-state index is 0.0531. The van der Waals surface area contributed by atoms with Gasteiger partial charge in [0.25, 0.3) is 5.69 Å². The zero-order chi connectivity index (χ0) is 19.0. The lowest BCUT2D eigenvalue weighted by Gasteiger charge is -2.11. The first-order chi connectivity index (χ1) is 13.0. The lowest BCUT2D eigenvalue weighted by Crippen LogP contribution is -2.10. The highest BCUT2D eigenvalue weighted by Gasteiger charge is 2.19. The molecular formula is C19H14N4O4. The second-order valence-electron chi connectivity index (χ2n) is 6.04. The minimum atomic E-state index is -0.532. The number of phenolic OH excluding ortho intramolecular Hbond substituents is 1. The van der Waals surface area contributed by atoms with E-state index in [1.165, 1.54) is 30.3 Å². The van der Waals surface area contributed by atoms with Crippen LogP contribution in [0.15, 0.2) is 59.7 Å². The summed E-state index contributed by atoms with van der Waals surface area (Å²) in [6.45, 7) is 0.401. The van der Waals surface area contributed by atoms with Crippen molar-refractivity contribution in [3.05, 3.63) is 80.8 Å². The van der Waals surface area contributed by atoms with Crippen molar-refractivity contribution < 1.29 is 10.0 Å². The van der Waals surface area contributed by atoms with Crippen LogP contribution in [-0.4, -0.2) is 20.0 Å². The number of nitro benzene ring substituents is 1. The van der Waals surface area contributed by atoms with Crippen molar-refractivity contribution in [3.8, 4) is 5.75 Å². The van der Waals surface area contributed by atoms with Gasteiger partial charge in [-0.25, -0.2) is 0 Å². The fourth-order valence-electron chi connectivity index (χ4n) is 3.05. The first-order valence-electron chi connectivity index (χ1n) is 8.13. The SMILES string of the molecule is O=c1c2cc(O)ccc2[nH]c2c([N+](=O)[O-])ccc(NCc3cccnc3)c12. The van der Waals surface area contributed by atoms with E-state index in [4.69, 9.17) is 0 Å². The quantitative estimate of drug-likeness (QED) is 0.291. The lowest BCUT2D eigenvalue weighted by molar-refractivity contribution is -0.383. The Morgan fingerprint density at radius 2 is 2.07 bits per heavy atom. The van der Waals surface area contributed by atoms with E-state index in [1.807, 2.05) is 6.07 Å². The topological polar surface area (TPSA) is 121 Å². The van der Waals surface area contributed by atoms with Crippen LogP contribution in [0, 0.1) is 10.1 Å². The number of aromatic hydroxyl groups is 1. The van der Waals surface area contributed by atoms with E-state index in [1.54, 1.807) is 18.5 Å². The minimum Gasteiger partial charge on any atom is -0.508 e. The number of aromatic nitrogens is 2. The molecule has 134 valence electrons. The molecule has 0 spiro atoms. The van der Waals surface area contributed by atoms with E-state index < -0.39 is 10.4 Å². The Morgan fingerprint density at radius 3 is 2.81 bits per heavy atom. The molecule has 0 saturated carbocycles. The summed E-state index contributed by atoms with van der Waals surface area (Å²) in [4.78, 5) is 30.9. The van der Waals surface area contributed by atoms with E-state index >= 15 is 0 Å². The summed E-state index contributed by atoms with van der Waals surface area (Å²) >= 11 is 0. The highest BCUT2D eigenvalue weighted by Crippen LogP contribution is 2.30. The third kappa shape index (κ3) is 2.93. The molecule has 0 unspecified atom stereocenters. The molecule has 0 saturated heterocycles. The van der Waals surface area contributed by atoms with Gasteiger partial charge in [0.15, 0.2) is 5.43 Å². The van der Waals surface area contributed by atoms with Gasteiger partial charge in [0, 0.05) is 36.1 Å².